The largest absolute Gasteiger partial charge is 0.381 e. The van der Waals surface area contributed by atoms with Gasteiger partial charge in [-0.1, -0.05) is 6.92 Å². The third-order valence-electron chi connectivity index (χ3n) is 3.67. The predicted octanol–water partition coefficient (Wildman–Crippen LogP) is 3.22. The van der Waals surface area contributed by atoms with Crippen LogP contribution in [-0.2, 0) is 0 Å². The molecular weight excluding hydrogens is 224 g/mol. The van der Waals surface area contributed by atoms with E-state index >= 15 is 0 Å². The molecule has 1 fully saturated rings. The van der Waals surface area contributed by atoms with Crippen LogP contribution in [0.2, 0.25) is 0 Å². The Kier molecular flexibility index (Phi) is 2.73. The Bertz CT molecular complexity index is 552. The van der Waals surface area contributed by atoms with Gasteiger partial charge in [0.15, 0.2) is 5.65 Å². The highest BCUT2D eigenvalue weighted by atomic mass is 15.3. The lowest BCUT2D eigenvalue weighted by Gasteiger charge is -2.33. The average molecular weight is 244 g/mol. The fourth-order valence-electron chi connectivity index (χ4n) is 2.65. The molecule has 3 rings (SSSR count). The maximum Gasteiger partial charge on any atom is 0.158 e. The van der Waals surface area contributed by atoms with Crippen LogP contribution in [0.15, 0.2) is 18.5 Å². The maximum atomic E-state index is 4.53. The van der Waals surface area contributed by atoms with Gasteiger partial charge in [-0.3, -0.25) is 0 Å². The van der Waals surface area contributed by atoms with Gasteiger partial charge in [-0.05, 0) is 38.7 Å². The smallest absolute Gasteiger partial charge is 0.158 e. The predicted molar refractivity (Wildman–Crippen MR) is 73.7 cm³/mol. The summed E-state index contributed by atoms with van der Waals surface area (Å²) in [6.45, 7) is 6.54. The summed E-state index contributed by atoms with van der Waals surface area (Å²) < 4.78 is 1.96. The summed E-state index contributed by atoms with van der Waals surface area (Å²) in [7, 11) is 0. The van der Waals surface area contributed by atoms with Crippen LogP contribution in [0.4, 0.5) is 5.69 Å². The molecule has 2 aromatic heterocycles. The molecule has 0 atom stereocenters. The Morgan fingerprint density at radius 2 is 2.11 bits per heavy atom. The first-order valence-corrected chi connectivity index (χ1v) is 6.73. The number of pyridine rings is 1. The third kappa shape index (κ3) is 1.96. The minimum Gasteiger partial charge on any atom is -0.381 e. The molecule has 0 unspecified atom stereocenters. The van der Waals surface area contributed by atoms with Crippen LogP contribution in [-0.4, -0.2) is 20.8 Å². The summed E-state index contributed by atoms with van der Waals surface area (Å²) >= 11 is 0. The molecule has 18 heavy (non-hydrogen) atoms. The molecule has 0 aliphatic heterocycles. The van der Waals surface area contributed by atoms with Gasteiger partial charge in [-0.25, -0.2) is 9.67 Å². The van der Waals surface area contributed by atoms with Crippen LogP contribution in [0.1, 0.15) is 39.7 Å². The van der Waals surface area contributed by atoms with E-state index in [2.05, 4.69) is 42.2 Å². The van der Waals surface area contributed by atoms with Crippen molar-refractivity contribution in [2.24, 2.45) is 5.92 Å². The quantitative estimate of drug-likeness (QED) is 0.901. The van der Waals surface area contributed by atoms with Crippen molar-refractivity contribution >= 4 is 16.7 Å². The molecule has 0 saturated heterocycles. The summed E-state index contributed by atoms with van der Waals surface area (Å²) in [6, 6.07) is 3.12. The molecule has 0 spiro atoms. The molecule has 96 valence electrons. The molecule has 2 aromatic rings. The van der Waals surface area contributed by atoms with E-state index in [1.54, 1.807) is 0 Å². The fourth-order valence-corrected chi connectivity index (χ4v) is 2.65. The molecule has 0 aromatic carbocycles. The van der Waals surface area contributed by atoms with E-state index in [-0.39, 0.29) is 0 Å². The molecule has 1 saturated carbocycles. The van der Waals surface area contributed by atoms with Crippen molar-refractivity contribution in [3.05, 3.63) is 18.5 Å². The molecule has 4 heteroatoms. The maximum absolute atomic E-state index is 4.53. The van der Waals surface area contributed by atoms with Gasteiger partial charge in [0.25, 0.3) is 0 Å². The summed E-state index contributed by atoms with van der Waals surface area (Å²) in [5, 5.41) is 9.04. The van der Waals surface area contributed by atoms with Crippen molar-refractivity contribution < 1.29 is 0 Å². The van der Waals surface area contributed by atoms with Gasteiger partial charge in [0.05, 0.1) is 18.1 Å². The first kappa shape index (κ1) is 11.5. The lowest BCUT2D eigenvalue weighted by atomic mass is 9.82. The van der Waals surface area contributed by atoms with E-state index in [0.717, 1.165) is 22.6 Å². The van der Waals surface area contributed by atoms with Crippen molar-refractivity contribution in [3.8, 4) is 0 Å². The van der Waals surface area contributed by atoms with E-state index in [1.165, 1.54) is 12.8 Å². The van der Waals surface area contributed by atoms with Gasteiger partial charge in [-0.2, -0.15) is 5.10 Å². The lowest BCUT2D eigenvalue weighted by molar-refractivity contribution is 0.309. The zero-order valence-corrected chi connectivity index (χ0v) is 11.2. The Labute approximate surface area is 107 Å². The summed E-state index contributed by atoms with van der Waals surface area (Å²) in [5.74, 6) is 0.864. The molecule has 1 aliphatic rings. The number of hydrogen-bond donors (Lipinski definition) is 1. The second kappa shape index (κ2) is 4.26. The third-order valence-corrected chi connectivity index (χ3v) is 3.67. The highest BCUT2D eigenvalue weighted by Crippen LogP contribution is 2.30. The molecule has 2 heterocycles. The van der Waals surface area contributed by atoms with E-state index in [1.807, 2.05) is 17.1 Å². The summed E-state index contributed by atoms with van der Waals surface area (Å²) in [4.78, 5) is 4.53. The first-order chi connectivity index (χ1) is 8.63. The van der Waals surface area contributed by atoms with Gasteiger partial charge in [0.1, 0.15) is 0 Å². The van der Waals surface area contributed by atoms with Crippen LogP contribution >= 0.6 is 0 Å². The molecule has 0 amide bonds. The van der Waals surface area contributed by atoms with Crippen molar-refractivity contribution in [2.45, 2.75) is 45.7 Å². The Morgan fingerprint density at radius 1 is 1.33 bits per heavy atom. The van der Waals surface area contributed by atoms with Gasteiger partial charge in [0.2, 0.25) is 0 Å². The van der Waals surface area contributed by atoms with Crippen LogP contribution in [0.25, 0.3) is 11.0 Å². The molecule has 0 bridgehead atoms. The molecule has 0 radical (unpaired) electrons. The number of aromatic nitrogens is 3. The number of nitrogens with one attached hydrogen (secondary N) is 1. The first-order valence-electron chi connectivity index (χ1n) is 6.73. The van der Waals surface area contributed by atoms with Crippen LogP contribution in [0.5, 0.6) is 0 Å². The zero-order chi connectivity index (χ0) is 12.7. The van der Waals surface area contributed by atoms with Crippen molar-refractivity contribution in [3.63, 3.8) is 0 Å². The zero-order valence-electron chi connectivity index (χ0n) is 11.2. The minimum absolute atomic E-state index is 0.348. The molecule has 1 N–H and O–H groups in total. The minimum atomic E-state index is 0.348. The van der Waals surface area contributed by atoms with Crippen molar-refractivity contribution in [1.29, 1.82) is 0 Å². The highest BCUT2D eigenvalue weighted by molar-refractivity contribution is 5.78. The second-order valence-corrected chi connectivity index (χ2v) is 5.74. The fraction of sp³-hybridized carbons (Fsp3) is 0.571. The second-order valence-electron chi connectivity index (χ2n) is 5.74. The Hall–Kier alpha value is -1.58. The van der Waals surface area contributed by atoms with Gasteiger partial charge >= 0.3 is 0 Å². The van der Waals surface area contributed by atoms with Crippen molar-refractivity contribution in [2.75, 3.05) is 5.32 Å². The van der Waals surface area contributed by atoms with E-state index in [4.69, 9.17) is 0 Å². The number of hydrogen-bond acceptors (Lipinski definition) is 3. The molecule has 1 aliphatic carbocycles. The van der Waals surface area contributed by atoms with Crippen LogP contribution < -0.4 is 5.32 Å². The summed E-state index contributed by atoms with van der Waals surface area (Å²) in [6.07, 6.45) is 6.36. The Morgan fingerprint density at radius 3 is 2.78 bits per heavy atom. The lowest BCUT2D eigenvalue weighted by Crippen LogP contribution is -2.33. The van der Waals surface area contributed by atoms with E-state index < -0.39 is 0 Å². The average Bonchev–Trinajstić information content (AvgIpc) is 2.70. The number of anilines is 1. The number of nitrogens with zero attached hydrogens (tertiary/aromatic N) is 3. The highest BCUT2D eigenvalue weighted by Gasteiger charge is 2.25. The standard InChI is InChI=1S/C14H20N4/c1-9(2)18-14-11(7-16-18)6-13(8-15-14)17-12-4-10(3)5-12/h6-10,12,17H,4-5H2,1-3H3. The normalized spacial score (nSPS) is 23.3. The van der Waals surface area contributed by atoms with Gasteiger partial charge in [-0.15, -0.1) is 0 Å². The van der Waals surface area contributed by atoms with Crippen molar-refractivity contribution in [1.82, 2.24) is 14.8 Å². The number of fused-ring (bicyclic) bond motifs is 1. The van der Waals surface area contributed by atoms with Crippen LogP contribution in [0, 0.1) is 5.92 Å². The van der Waals surface area contributed by atoms with Gasteiger partial charge < -0.3 is 5.32 Å². The topological polar surface area (TPSA) is 42.7 Å². The monoisotopic (exact) mass is 244 g/mol. The SMILES string of the molecule is CC1CC(Nc2cnc3c(cnn3C(C)C)c2)C1. The summed E-state index contributed by atoms with van der Waals surface area (Å²) in [5.41, 5.74) is 2.08. The van der Waals surface area contributed by atoms with Crippen LogP contribution in [0.3, 0.4) is 0 Å². The Balaban J connectivity index is 1.83. The van der Waals surface area contributed by atoms with E-state index in [0.29, 0.717) is 12.1 Å². The molecule has 4 nitrogen and oxygen atoms in total. The molecular formula is C14H20N4. The van der Waals surface area contributed by atoms with Gasteiger partial charge in [0, 0.05) is 17.5 Å². The van der Waals surface area contributed by atoms with E-state index in [9.17, 15) is 0 Å². The number of rotatable bonds is 3.